The van der Waals surface area contributed by atoms with Crippen LogP contribution in [-0.4, -0.2) is 52.5 Å². The quantitative estimate of drug-likeness (QED) is 0.809. The monoisotopic (exact) mass is 297 g/mol. The Kier molecular flexibility index (Phi) is 3.41. The smallest absolute Gasteiger partial charge is 0.254 e. The van der Waals surface area contributed by atoms with Crippen molar-refractivity contribution in [3.8, 4) is 0 Å². The summed E-state index contributed by atoms with van der Waals surface area (Å²) < 4.78 is 2.08. The lowest BCUT2D eigenvalue weighted by molar-refractivity contribution is 0.0745. The molecule has 2 fully saturated rings. The summed E-state index contributed by atoms with van der Waals surface area (Å²) in [6.45, 7) is 4.13. The zero-order chi connectivity index (χ0) is 15.1. The number of amides is 1. The van der Waals surface area contributed by atoms with Gasteiger partial charge in [-0.2, -0.15) is 0 Å². The van der Waals surface area contributed by atoms with Crippen molar-refractivity contribution in [2.45, 2.75) is 25.3 Å². The first kappa shape index (κ1) is 13.8. The van der Waals surface area contributed by atoms with Crippen molar-refractivity contribution < 1.29 is 4.79 Å². The number of rotatable bonds is 1. The summed E-state index contributed by atoms with van der Waals surface area (Å²) in [5.74, 6) is 0.200. The van der Waals surface area contributed by atoms with Crippen LogP contribution in [0, 0.1) is 0 Å². The Hall–Kier alpha value is -1.81. The molecule has 0 unspecified atom stereocenters. The van der Waals surface area contributed by atoms with Crippen LogP contribution in [0.5, 0.6) is 0 Å². The minimum atomic E-state index is 0.200. The summed E-state index contributed by atoms with van der Waals surface area (Å²) in [4.78, 5) is 17.7. The first-order chi connectivity index (χ1) is 10.7. The van der Waals surface area contributed by atoms with E-state index in [0.29, 0.717) is 6.04 Å². The summed E-state index contributed by atoms with van der Waals surface area (Å²) in [6.07, 6.45) is 5.63. The highest BCUT2D eigenvalue weighted by molar-refractivity contribution is 6.06. The van der Waals surface area contributed by atoms with E-state index in [4.69, 9.17) is 0 Å². The second kappa shape index (κ2) is 5.43. The maximum Gasteiger partial charge on any atom is 0.254 e. The molecule has 22 heavy (non-hydrogen) atoms. The Morgan fingerprint density at radius 1 is 1.14 bits per heavy atom. The van der Waals surface area contributed by atoms with Crippen molar-refractivity contribution in [3.05, 3.63) is 36.0 Å². The predicted octanol–water partition coefficient (Wildman–Crippen LogP) is 2.49. The van der Waals surface area contributed by atoms with Crippen LogP contribution in [0.2, 0.25) is 0 Å². The van der Waals surface area contributed by atoms with Gasteiger partial charge in [-0.05, 0) is 44.0 Å². The molecule has 2 saturated heterocycles. The molecular formula is C18H23N3O. The van der Waals surface area contributed by atoms with Gasteiger partial charge in [0.25, 0.3) is 5.91 Å². The van der Waals surface area contributed by atoms with E-state index in [9.17, 15) is 4.79 Å². The number of hydrogen-bond acceptors (Lipinski definition) is 2. The molecule has 1 aromatic carbocycles. The van der Waals surface area contributed by atoms with Crippen LogP contribution in [0.4, 0.5) is 0 Å². The van der Waals surface area contributed by atoms with Crippen molar-refractivity contribution in [1.82, 2.24) is 14.4 Å². The minimum absolute atomic E-state index is 0.200. The largest absolute Gasteiger partial charge is 0.351 e. The Labute approximate surface area is 131 Å². The molecule has 0 saturated carbocycles. The Morgan fingerprint density at radius 2 is 2.00 bits per heavy atom. The minimum Gasteiger partial charge on any atom is -0.351 e. The molecule has 2 aliphatic heterocycles. The fraction of sp³-hybridized carbons (Fsp3) is 0.500. The van der Waals surface area contributed by atoms with E-state index in [0.717, 1.165) is 42.5 Å². The summed E-state index contributed by atoms with van der Waals surface area (Å²) in [5.41, 5.74) is 1.98. The third kappa shape index (κ3) is 2.22. The highest BCUT2D eigenvalue weighted by Crippen LogP contribution is 2.25. The average Bonchev–Trinajstić information content (AvgIpc) is 3.08. The summed E-state index contributed by atoms with van der Waals surface area (Å²) in [6, 6.07) is 8.67. The fourth-order valence-electron chi connectivity index (χ4n) is 4.05. The molecule has 4 nitrogen and oxygen atoms in total. The van der Waals surface area contributed by atoms with Crippen LogP contribution in [0.1, 0.15) is 29.6 Å². The van der Waals surface area contributed by atoms with Gasteiger partial charge >= 0.3 is 0 Å². The molecule has 2 aromatic rings. The van der Waals surface area contributed by atoms with Gasteiger partial charge in [-0.15, -0.1) is 0 Å². The van der Waals surface area contributed by atoms with Gasteiger partial charge in [0.1, 0.15) is 0 Å². The van der Waals surface area contributed by atoms with Crippen LogP contribution in [-0.2, 0) is 7.05 Å². The second-order valence-electron chi connectivity index (χ2n) is 6.60. The average molecular weight is 297 g/mol. The first-order valence-corrected chi connectivity index (χ1v) is 8.31. The van der Waals surface area contributed by atoms with E-state index in [1.807, 2.05) is 25.4 Å². The molecule has 116 valence electrons. The van der Waals surface area contributed by atoms with Gasteiger partial charge in [-0.3, -0.25) is 9.69 Å². The molecule has 1 atom stereocenters. The van der Waals surface area contributed by atoms with Crippen molar-refractivity contribution in [3.63, 3.8) is 0 Å². The number of benzene rings is 1. The van der Waals surface area contributed by atoms with Crippen molar-refractivity contribution in [2.24, 2.45) is 7.05 Å². The van der Waals surface area contributed by atoms with Crippen LogP contribution < -0.4 is 0 Å². The lowest BCUT2D eigenvalue weighted by atomic mass is 10.1. The van der Waals surface area contributed by atoms with E-state index in [-0.39, 0.29) is 5.91 Å². The molecule has 4 rings (SSSR count). The molecular weight excluding hydrogens is 274 g/mol. The number of aryl methyl sites for hydroxylation is 1. The van der Waals surface area contributed by atoms with Crippen LogP contribution in [0.15, 0.2) is 30.5 Å². The lowest BCUT2D eigenvalue weighted by Crippen LogP contribution is -2.39. The Morgan fingerprint density at radius 3 is 2.91 bits per heavy atom. The molecule has 0 radical (unpaired) electrons. The molecule has 0 aliphatic carbocycles. The highest BCUT2D eigenvalue weighted by atomic mass is 16.2. The van der Waals surface area contributed by atoms with E-state index in [1.165, 1.54) is 19.4 Å². The van der Waals surface area contributed by atoms with E-state index >= 15 is 0 Å². The molecule has 0 bridgehead atoms. The van der Waals surface area contributed by atoms with Crippen molar-refractivity contribution in [1.29, 1.82) is 0 Å². The molecule has 0 N–H and O–H groups in total. The second-order valence-corrected chi connectivity index (χ2v) is 6.60. The maximum absolute atomic E-state index is 13.1. The van der Waals surface area contributed by atoms with E-state index < -0.39 is 0 Å². The SMILES string of the molecule is Cn1ccc2c(C(=O)N3CCCN4CCC[C@H]4C3)cccc21. The van der Waals surface area contributed by atoms with Crippen molar-refractivity contribution in [2.75, 3.05) is 26.2 Å². The van der Waals surface area contributed by atoms with Gasteiger partial charge in [0, 0.05) is 55.4 Å². The molecule has 3 heterocycles. The summed E-state index contributed by atoms with van der Waals surface area (Å²) in [5, 5.41) is 1.07. The third-order valence-corrected chi connectivity index (χ3v) is 5.25. The lowest BCUT2D eigenvalue weighted by Gasteiger charge is -2.26. The number of aromatic nitrogens is 1. The zero-order valence-electron chi connectivity index (χ0n) is 13.2. The molecule has 4 heteroatoms. The van der Waals surface area contributed by atoms with Crippen LogP contribution in [0.25, 0.3) is 10.9 Å². The summed E-state index contributed by atoms with van der Waals surface area (Å²) >= 11 is 0. The topological polar surface area (TPSA) is 28.5 Å². The summed E-state index contributed by atoms with van der Waals surface area (Å²) in [7, 11) is 2.03. The fourth-order valence-corrected chi connectivity index (χ4v) is 4.05. The molecule has 0 spiro atoms. The molecule has 2 aliphatic rings. The van der Waals surface area contributed by atoms with Gasteiger partial charge in [0.15, 0.2) is 0 Å². The van der Waals surface area contributed by atoms with Gasteiger partial charge in [-0.1, -0.05) is 6.07 Å². The normalized spacial score (nSPS) is 22.8. The predicted molar refractivity (Wildman–Crippen MR) is 88.0 cm³/mol. The highest BCUT2D eigenvalue weighted by Gasteiger charge is 2.31. The van der Waals surface area contributed by atoms with Gasteiger partial charge < -0.3 is 9.47 Å². The third-order valence-electron chi connectivity index (χ3n) is 5.25. The zero-order valence-corrected chi connectivity index (χ0v) is 13.2. The van der Waals surface area contributed by atoms with Gasteiger partial charge in [0.2, 0.25) is 0 Å². The van der Waals surface area contributed by atoms with Gasteiger partial charge in [-0.25, -0.2) is 0 Å². The number of fused-ring (bicyclic) bond motifs is 2. The Balaban J connectivity index is 1.65. The Bertz CT molecular complexity index is 705. The number of carbonyl (C=O) groups excluding carboxylic acids is 1. The molecule has 1 aromatic heterocycles. The maximum atomic E-state index is 13.1. The van der Waals surface area contributed by atoms with Crippen LogP contribution in [0.3, 0.4) is 0 Å². The van der Waals surface area contributed by atoms with Gasteiger partial charge in [0.05, 0.1) is 0 Å². The number of nitrogens with zero attached hydrogens (tertiary/aromatic N) is 3. The first-order valence-electron chi connectivity index (χ1n) is 8.31. The van der Waals surface area contributed by atoms with Crippen molar-refractivity contribution >= 4 is 16.8 Å². The number of carbonyl (C=O) groups is 1. The van der Waals surface area contributed by atoms with E-state index in [2.05, 4.69) is 26.5 Å². The van der Waals surface area contributed by atoms with Crippen LogP contribution >= 0.6 is 0 Å². The number of hydrogen-bond donors (Lipinski definition) is 0. The molecule has 1 amide bonds. The van der Waals surface area contributed by atoms with E-state index in [1.54, 1.807) is 0 Å². The standard InChI is InChI=1S/C18H23N3O/c1-19-12-8-15-16(6-2-7-17(15)19)18(22)21-11-4-10-20-9-3-5-14(20)13-21/h2,6-8,12,14H,3-5,9-11,13H2,1H3/t14-/m0/s1.